The summed E-state index contributed by atoms with van der Waals surface area (Å²) in [6, 6.07) is 15.0. The largest absolute Gasteiger partial charge is 0.371 e. The van der Waals surface area contributed by atoms with Crippen LogP contribution in [0, 0.1) is 5.41 Å². The minimum Gasteiger partial charge on any atom is -0.371 e. The molecule has 3 aliphatic rings. The quantitative estimate of drug-likeness (QED) is 0.403. The number of carbonyl (C=O) groups excluding carboxylic acids is 2. The van der Waals surface area contributed by atoms with E-state index in [4.69, 9.17) is 23.2 Å². The predicted octanol–water partition coefficient (Wildman–Crippen LogP) is 6.33. The molecule has 1 aliphatic carbocycles. The van der Waals surface area contributed by atoms with Crippen LogP contribution in [-0.2, 0) is 6.42 Å². The standard InChI is InChI=1S/C31H32Cl2N4O2/c32-25-2-1-3-26(33)28(25)29(38)35-27-7-6-21-4-5-22(20-24(21)27)30(39)37-18-12-31(13-19-37)10-16-36(17-11-31)23-8-14-34-15-9-23/h1-5,8-9,14-15,20,27H,6-7,10-13,16-19H2,(H,35,38). The van der Waals surface area contributed by atoms with Gasteiger partial charge in [-0.1, -0.05) is 35.3 Å². The average Bonchev–Trinajstić information content (AvgIpc) is 3.35. The number of benzene rings is 2. The summed E-state index contributed by atoms with van der Waals surface area (Å²) in [5, 5.41) is 3.75. The molecule has 202 valence electrons. The van der Waals surface area contributed by atoms with Crippen LogP contribution < -0.4 is 10.2 Å². The van der Waals surface area contributed by atoms with E-state index in [2.05, 4.69) is 27.3 Å². The minimum atomic E-state index is -0.295. The van der Waals surface area contributed by atoms with Crippen molar-refractivity contribution >= 4 is 40.7 Å². The lowest BCUT2D eigenvalue weighted by Crippen LogP contribution is -2.48. The van der Waals surface area contributed by atoms with Crippen molar-refractivity contribution in [3.8, 4) is 0 Å². The first-order valence-electron chi connectivity index (χ1n) is 13.7. The summed E-state index contributed by atoms with van der Waals surface area (Å²) in [6.45, 7) is 3.68. The first-order chi connectivity index (χ1) is 18.9. The van der Waals surface area contributed by atoms with Crippen molar-refractivity contribution < 1.29 is 9.59 Å². The van der Waals surface area contributed by atoms with E-state index in [1.165, 1.54) is 11.3 Å². The van der Waals surface area contributed by atoms with Crippen molar-refractivity contribution in [3.05, 3.63) is 93.2 Å². The van der Waals surface area contributed by atoms with Gasteiger partial charge in [-0.2, -0.15) is 0 Å². The number of likely N-dealkylation sites (tertiary alicyclic amines) is 1. The van der Waals surface area contributed by atoms with Crippen molar-refractivity contribution in [1.82, 2.24) is 15.2 Å². The number of nitrogens with one attached hydrogen (secondary N) is 1. The van der Waals surface area contributed by atoms with E-state index in [-0.39, 0.29) is 23.4 Å². The molecular formula is C31H32Cl2N4O2. The fourth-order valence-electron chi connectivity index (χ4n) is 6.49. The SMILES string of the molecule is O=C(NC1CCc2ccc(C(=O)N3CCC4(CC3)CCN(c3ccncc3)CC4)cc21)c1c(Cl)cccc1Cl. The average molecular weight is 564 g/mol. The van der Waals surface area contributed by atoms with E-state index >= 15 is 0 Å². The number of amides is 2. The summed E-state index contributed by atoms with van der Waals surface area (Å²) in [7, 11) is 0. The molecule has 0 radical (unpaired) electrons. The number of hydrogen-bond donors (Lipinski definition) is 1. The number of carbonyl (C=O) groups is 2. The molecule has 3 aromatic rings. The lowest BCUT2D eigenvalue weighted by Gasteiger charge is -2.47. The van der Waals surface area contributed by atoms with Gasteiger partial charge in [0.25, 0.3) is 11.8 Å². The molecule has 2 saturated heterocycles. The summed E-state index contributed by atoms with van der Waals surface area (Å²) < 4.78 is 0. The van der Waals surface area contributed by atoms with Gasteiger partial charge in [0.05, 0.1) is 21.7 Å². The highest BCUT2D eigenvalue weighted by Gasteiger charge is 2.39. The molecule has 0 bridgehead atoms. The number of anilines is 1. The van der Waals surface area contributed by atoms with Crippen LogP contribution in [0.1, 0.15) is 70.0 Å². The van der Waals surface area contributed by atoms with Crippen LogP contribution in [0.2, 0.25) is 10.0 Å². The molecule has 1 N–H and O–H groups in total. The normalized spacial score (nSPS) is 20.1. The highest BCUT2D eigenvalue weighted by atomic mass is 35.5. The Hall–Kier alpha value is -3.09. The first-order valence-corrected chi connectivity index (χ1v) is 14.5. The van der Waals surface area contributed by atoms with Gasteiger partial charge >= 0.3 is 0 Å². The number of fused-ring (bicyclic) bond motifs is 1. The molecule has 2 amide bonds. The van der Waals surface area contributed by atoms with Crippen LogP contribution in [-0.4, -0.2) is 47.9 Å². The van der Waals surface area contributed by atoms with E-state index in [0.29, 0.717) is 21.0 Å². The Morgan fingerprint density at radius 2 is 1.56 bits per heavy atom. The van der Waals surface area contributed by atoms with Gasteiger partial charge in [0.2, 0.25) is 0 Å². The van der Waals surface area contributed by atoms with Crippen molar-refractivity contribution in [2.24, 2.45) is 5.41 Å². The smallest absolute Gasteiger partial charge is 0.254 e. The van der Waals surface area contributed by atoms with Crippen molar-refractivity contribution in [1.29, 1.82) is 0 Å². The van der Waals surface area contributed by atoms with Gasteiger partial charge in [-0.25, -0.2) is 0 Å². The zero-order valence-electron chi connectivity index (χ0n) is 21.8. The molecule has 2 fully saturated rings. The Bertz CT molecular complexity index is 1360. The van der Waals surface area contributed by atoms with Gasteiger partial charge in [0.1, 0.15) is 0 Å². The number of aryl methyl sites for hydroxylation is 1. The fraction of sp³-hybridized carbons (Fsp3) is 0.387. The van der Waals surface area contributed by atoms with E-state index in [1.807, 2.05) is 35.5 Å². The van der Waals surface area contributed by atoms with Crippen LogP contribution >= 0.6 is 23.2 Å². The Labute approximate surface area is 239 Å². The first kappa shape index (κ1) is 26.1. The maximum atomic E-state index is 13.5. The highest BCUT2D eigenvalue weighted by Crippen LogP contribution is 2.42. The van der Waals surface area contributed by atoms with Gasteiger partial charge in [0, 0.05) is 49.8 Å². The number of aromatic nitrogens is 1. The molecule has 1 unspecified atom stereocenters. The Kier molecular flexibility index (Phi) is 7.25. The predicted molar refractivity (Wildman–Crippen MR) is 155 cm³/mol. The van der Waals surface area contributed by atoms with Crippen LogP contribution in [0.5, 0.6) is 0 Å². The number of piperidine rings is 2. The molecule has 6 nitrogen and oxygen atoms in total. The third-order valence-electron chi connectivity index (χ3n) is 8.93. The maximum absolute atomic E-state index is 13.5. The Morgan fingerprint density at radius 3 is 2.26 bits per heavy atom. The second kappa shape index (κ2) is 10.8. The molecule has 1 spiro atoms. The van der Waals surface area contributed by atoms with E-state index in [1.54, 1.807) is 18.2 Å². The molecule has 6 rings (SSSR count). The fourth-order valence-corrected chi connectivity index (χ4v) is 7.06. The molecule has 0 saturated carbocycles. The van der Waals surface area contributed by atoms with Crippen LogP contribution in [0.3, 0.4) is 0 Å². The van der Waals surface area contributed by atoms with Gasteiger partial charge in [-0.3, -0.25) is 14.6 Å². The number of pyridine rings is 1. The molecule has 3 heterocycles. The van der Waals surface area contributed by atoms with Crippen molar-refractivity contribution in [2.45, 2.75) is 44.6 Å². The van der Waals surface area contributed by atoms with Crippen LogP contribution in [0.4, 0.5) is 5.69 Å². The molecule has 2 aromatic carbocycles. The zero-order valence-corrected chi connectivity index (χ0v) is 23.3. The molecule has 1 atom stereocenters. The molecule has 39 heavy (non-hydrogen) atoms. The summed E-state index contributed by atoms with van der Waals surface area (Å²) in [5.74, 6) is -0.218. The number of nitrogens with zero attached hydrogens (tertiary/aromatic N) is 3. The minimum absolute atomic E-state index is 0.0768. The van der Waals surface area contributed by atoms with Crippen molar-refractivity contribution in [3.63, 3.8) is 0 Å². The third kappa shape index (κ3) is 5.24. The van der Waals surface area contributed by atoms with Gasteiger partial charge < -0.3 is 15.1 Å². The molecule has 2 aliphatic heterocycles. The van der Waals surface area contributed by atoms with Crippen LogP contribution in [0.25, 0.3) is 0 Å². The Morgan fingerprint density at radius 1 is 0.897 bits per heavy atom. The van der Waals surface area contributed by atoms with Gasteiger partial charge in [0.15, 0.2) is 0 Å². The monoisotopic (exact) mass is 562 g/mol. The summed E-state index contributed by atoms with van der Waals surface area (Å²) in [5.41, 5.74) is 4.72. The third-order valence-corrected chi connectivity index (χ3v) is 9.56. The molecule has 1 aromatic heterocycles. The second-order valence-electron chi connectivity index (χ2n) is 11.1. The number of rotatable bonds is 4. The topological polar surface area (TPSA) is 65.5 Å². The zero-order chi connectivity index (χ0) is 27.0. The van der Waals surface area contributed by atoms with Gasteiger partial charge in [-0.15, -0.1) is 0 Å². The number of halogens is 2. The molecule has 8 heteroatoms. The lowest BCUT2D eigenvalue weighted by molar-refractivity contribution is 0.0515. The second-order valence-corrected chi connectivity index (χ2v) is 11.9. The summed E-state index contributed by atoms with van der Waals surface area (Å²) in [6.07, 6.45) is 9.76. The van der Waals surface area contributed by atoms with E-state index in [9.17, 15) is 9.59 Å². The highest BCUT2D eigenvalue weighted by molar-refractivity contribution is 6.39. The Balaban J connectivity index is 1.09. The van der Waals surface area contributed by atoms with Gasteiger partial charge in [-0.05, 0) is 91.5 Å². The van der Waals surface area contributed by atoms with E-state index in [0.717, 1.165) is 70.3 Å². The van der Waals surface area contributed by atoms with Crippen LogP contribution in [0.15, 0.2) is 60.9 Å². The summed E-state index contributed by atoms with van der Waals surface area (Å²) in [4.78, 5) is 35.1. The maximum Gasteiger partial charge on any atom is 0.254 e. The number of hydrogen-bond acceptors (Lipinski definition) is 4. The summed E-state index contributed by atoms with van der Waals surface area (Å²) >= 11 is 12.5. The molecular weight excluding hydrogens is 531 g/mol. The lowest BCUT2D eigenvalue weighted by atomic mass is 9.71. The van der Waals surface area contributed by atoms with Crippen molar-refractivity contribution in [2.75, 3.05) is 31.1 Å². The van der Waals surface area contributed by atoms with E-state index < -0.39 is 0 Å².